The molecule has 1 nitrogen and oxygen atoms in total. The average Bonchev–Trinajstić information content (AvgIpc) is 2.91. The van der Waals surface area contributed by atoms with Gasteiger partial charge in [0.15, 0.2) is 11.6 Å². The Balaban J connectivity index is 1.40. The molecule has 0 bridgehead atoms. The van der Waals surface area contributed by atoms with E-state index in [4.69, 9.17) is 0 Å². The highest BCUT2D eigenvalue weighted by atomic mass is 19.4. The molecule has 0 N–H and O–H groups in total. The summed E-state index contributed by atoms with van der Waals surface area (Å²) in [4.78, 5) is 0. The fourth-order valence-electron chi connectivity index (χ4n) is 4.45. The minimum Gasteiger partial charge on any atom is -0.403 e. The van der Waals surface area contributed by atoms with Crippen LogP contribution in [-0.4, -0.2) is 6.36 Å². The average molecular weight is 537 g/mol. The van der Waals surface area contributed by atoms with Crippen molar-refractivity contribution in [3.05, 3.63) is 112 Å². The summed E-state index contributed by atoms with van der Waals surface area (Å²) in [6.07, 6.45) is 1.56. The summed E-state index contributed by atoms with van der Waals surface area (Å²) >= 11 is 0. The second kappa shape index (κ2) is 12.8. The fraction of sp³-hybridized carbons (Fsp3) is 0.273. The van der Waals surface area contributed by atoms with Crippen molar-refractivity contribution in [1.82, 2.24) is 0 Å². The number of halogens is 5. The first-order valence-electron chi connectivity index (χ1n) is 13.1. The molecule has 6 heteroatoms. The van der Waals surface area contributed by atoms with Gasteiger partial charge < -0.3 is 4.74 Å². The quantitative estimate of drug-likeness (QED) is 0.118. The van der Waals surface area contributed by atoms with Gasteiger partial charge >= 0.3 is 6.36 Å². The summed E-state index contributed by atoms with van der Waals surface area (Å²) in [6, 6.07) is 20.3. The normalized spacial score (nSPS) is 11.3. The SMILES string of the molecule is CCCCCCc1ccc(C#Cc2ccc3c(F)c(CCc4ccc(OC(F)(F)F)c(F)c4)ccc3c2)cc1. The second-order valence-corrected chi connectivity index (χ2v) is 9.54. The monoisotopic (exact) mass is 536 g/mol. The standard InChI is InChI=1S/C33H29F5O/c1-2-3-4-5-6-23-7-9-24(10-8-23)11-12-25-14-19-29-28(21-25)18-17-27(32(29)35)16-13-26-15-20-31(30(34)22-26)39-33(36,37)38/h7-10,14-15,17-22H,2-6,13,16H2,1H3. The molecular weight excluding hydrogens is 507 g/mol. The van der Waals surface area contributed by atoms with Gasteiger partial charge in [0.1, 0.15) is 5.82 Å². The molecule has 0 aliphatic carbocycles. The Morgan fingerprint density at radius 2 is 1.41 bits per heavy atom. The van der Waals surface area contributed by atoms with Crippen LogP contribution in [0.25, 0.3) is 10.8 Å². The predicted octanol–water partition coefficient (Wildman–Crippen LogP) is 9.32. The van der Waals surface area contributed by atoms with E-state index in [9.17, 15) is 17.6 Å². The number of hydrogen-bond acceptors (Lipinski definition) is 1. The minimum absolute atomic E-state index is 0.257. The van der Waals surface area contributed by atoms with Crippen molar-refractivity contribution in [3.8, 4) is 17.6 Å². The summed E-state index contributed by atoms with van der Waals surface area (Å²) in [5, 5.41) is 1.16. The van der Waals surface area contributed by atoms with Gasteiger partial charge in [-0.05, 0) is 84.2 Å². The van der Waals surface area contributed by atoms with E-state index in [1.807, 2.05) is 24.3 Å². The third-order valence-corrected chi connectivity index (χ3v) is 6.56. The van der Waals surface area contributed by atoms with E-state index >= 15 is 4.39 Å². The molecule has 0 heterocycles. The number of unbranched alkanes of at least 4 members (excludes halogenated alkanes) is 3. The van der Waals surface area contributed by atoms with Crippen LogP contribution >= 0.6 is 0 Å². The van der Waals surface area contributed by atoms with Gasteiger partial charge in [-0.3, -0.25) is 0 Å². The molecule has 0 amide bonds. The molecule has 0 radical (unpaired) electrons. The van der Waals surface area contributed by atoms with Gasteiger partial charge in [0, 0.05) is 16.5 Å². The van der Waals surface area contributed by atoms with Crippen LogP contribution < -0.4 is 4.74 Å². The van der Waals surface area contributed by atoms with Crippen molar-refractivity contribution in [2.75, 3.05) is 0 Å². The van der Waals surface area contributed by atoms with Crippen molar-refractivity contribution in [3.63, 3.8) is 0 Å². The first-order valence-corrected chi connectivity index (χ1v) is 13.1. The molecule has 39 heavy (non-hydrogen) atoms. The lowest BCUT2D eigenvalue weighted by Crippen LogP contribution is -2.18. The van der Waals surface area contributed by atoms with Gasteiger partial charge in [-0.15, -0.1) is 13.2 Å². The Kier molecular flexibility index (Phi) is 9.24. The Labute approximate surface area is 225 Å². The lowest BCUT2D eigenvalue weighted by atomic mass is 9.99. The van der Waals surface area contributed by atoms with Crippen molar-refractivity contribution in [2.45, 2.75) is 58.2 Å². The molecule has 0 atom stereocenters. The van der Waals surface area contributed by atoms with Gasteiger partial charge in [-0.25, -0.2) is 8.78 Å². The maximum atomic E-state index is 15.2. The molecule has 4 aromatic rings. The third kappa shape index (κ3) is 8.07. The molecule has 0 aromatic heterocycles. The van der Waals surface area contributed by atoms with E-state index in [0.717, 1.165) is 29.7 Å². The number of benzene rings is 4. The number of alkyl halides is 3. The largest absolute Gasteiger partial charge is 0.573 e. The van der Waals surface area contributed by atoms with E-state index in [1.54, 1.807) is 18.2 Å². The predicted molar refractivity (Wildman–Crippen MR) is 145 cm³/mol. The Morgan fingerprint density at radius 3 is 2.13 bits per heavy atom. The van der Waals surface area contributed by atoms with E-state index in [0.29, 0.717) is 21.9 Å². The number of fused-ring (bicyclic) bond motifs is 1. The van der Waals surface area contributed by atoms with Crippen LogP contribution in [0.2, 0.25) is 0 Å². The first-order chi connectivity index (χ1) is 18.7. The topological polar surface area (TPSA) is 9.23 Å². The molecule has 0 saturated carbocycles. The van der Waals surface area contributed by atoms with Crippen molar-refractivity contribution in [1.29, 1.82) is 0 Å². The van der Waals surface area contributed by atoms with Gasteiger partial charge in [0.25, 0.3) is 0 Å². The molecule has 0 aliphatic rings. The summed E-state index contributed by atoms with van der Waals surface area (Å²) in [6.45, 7) is 2.20. The molecule has 202 valence electrons. The van der Waals surface area contributed by atoms with Gasteiger partial charge in [0.05, 0.1) is 0 Å². The highest BCUT2D eigenvalue weighted by Crippen LogP contribution is 2.27. The number of aryl methyl sites for hydroxylation is 3. The molecule has 0 spiro atoms. The van der Waals surface area contributed by atoms with Crippen LogP contribution in [0.15, 0.2) is 72.8 Å². The van der Waals surface area contributed by atoms with E-state index < -0.39 is 17.9 Å². The minimum atomic E-state index is -4.97. The summed E-state index contributed by atoms with van der Waals surface area (Å²) in [5.41, 5.74) is 3.88. The number of ether oxygens (including phenoxy) is 1. The highest BCUT2D eigenvalue weighted by molar-refractivity contribution is 5.85. The molecule has 4 rings (SSSR count). The van der Waals surface area contributed by atoms with Crippen LogP contribution in [0.5, 0.6) is 5.75 Å². The summed E-state index contributed by atoms with van der Waals surface area (Å²) < 4.78 is 69.8. The van der Waals surface area contributed by atoms with Crippen LogP contribution in [-0.2, 0) is 19.3 Å². The zero-order valence-electron chi connectivity index (χ0n) is 21.7. The third-order valence-electron chi connectivity index (χ3n) is 6.56. The molecule has 0 saturated heterocycles. The molecule has 0 unspecified atom stereocenters. The highest BCUT2D eigenvalue weighted by Gasteiger charge is 2.32. The molecule has 0 aliphatic heterocycles. The number of hydrogen-bond donors (Lipinski definition) is 0. The van der Waals surface area contributed by atoms with Crippen molar-refractivity contribution >= 4 is 10.8 Å². The van der Waals surface area contributed by atoms with E-state index in [2.05, 4.69) is 35.6 Å². The van der Waals surface area contributed by atoms with E-state index in [-0.39, 0.29) is 18.7 Å². The zero-order valence-corrected chi connectivity index (χ0v) is 21.7. The smallest absolute Gasteiger partial charge is 0.403 e. The Bertz CT molecular complexity index is 1480. The second-order valence-electron chi connectivity index (χ2n) is 9.54. The molecule has 4 aromatic carbocycles. The fourth-order valence-corrected chi connectivity index (χ4v) is 4.45. The van der Waals surface area contributed by atoms with E-state index in [1.165, 1.54) is 37.3 Å². The van der Waals surface area contributed by atoms with Crippen LogP contribution in [0, 0.1) is 23.5 Å². The maximum Gasteiger partial charge on any atom is 0.573 e. The van der Waals surface area contributed by atoms with Crippen LogP contribution in [0.4, 0.5) is 22.0 Å². The van der Waals surface area contributed by atoms with Crippen LogP contribution in [0.1, 0.15) is 60.4 Å². The summed E-state index contributed by atoms with van der Waals surface area (Å²) in [7, 11) is 0. The van der Waals surface area contributed by atoms with Crippen molar-refractivity contribution in [2.24, 2.45) is 0 Å². The summed E-state index contributed by atoms with van der Waals surface area (Å²) in [5.74, 6) is 3.93. The van der Waals surface area contributed by atoms with Crippen molar-refractivity contribution < 1.29 is 26.7 Å². The lowest BCUT2D eigenvalue weighted by Gasteiger charge is -2.11. The maximum absolute atomic E-state index is 15.2. The lowest BCUT2D eigenvalue weighted by molar-refractivity contribution is -0.275. The Hall–Kier alpha value is -3.85. The molecular formula is C33H29F5O. The molecule has 0 fully saturated rings. The van der Waals surface area contributed by atoms with Gasteiger partial charge in [0.2, 0.25) is 0 Å². The van der Waals surface area contributed by atoms with Crippen LogP contribution in [0.3, 0.4) is 0 Å². The first kappa shape index (κ1) is 28.2. The van der Waals surface area contributed by atoms with Gasteiger partial charge in [-0.1, -0.05) is 74.4 Å². The number of rotatable bonds is 9. The van der Waals surface area contributed by atoms with Gasteiger partial charge in [-0.2, -0.15) is 0 Å². The zero-order chi connectivity index (χ0) is 27.8. The Morgan fingerprint density at radius 1 is 0.692 bits per heavy atom.